The largest absolute Gasteiger partial charge is 0.395 e. The summed E-state index contributed by atoms with van der Waals surface area (Å²) in [5.74, 6) is 5.61. The number of nitrogens with one attached hydrogen (secondary N) is 2. The molecule has 0 aliphatic carbocycles. The number of aromatic nitrogens is 3. The van der Waals surface area contributed by atoms with Crippen molar-refractivity contribution in [1.82, 2.24) is 15.2 Å². The SMILES string of the molecule is O=S(=O)(Nc1cccc(C#CCCO)n1)c1cn[nH]c1. The average Bonchev–Trinajstić information content (AvgIpc) is 2.94. The van der Waals surface area contributed by atoms with E-state index in [9.17, 15) is 8.42 Å². The van der Waals surface area contributed by atoms with Crippen molar-refractivity contribution in [3.8, 4) is 11.8 Å². The van der Waals surface area contributed by atoms with E-state index in [1.807, 2.05) is 0 Å². The second-order valence-electron chi connectivity index (χ2n) is 3.72. The maximum Gasteiger partial charge on any atom is 0.266 e. The number of anilines is 1. The van der Waals surface area contributed by atoms with Gasteiger partial charge in [0.05, 0.1) is 12.8 Å². The minimum absolute atomic E-state index is 0.0241. The smallest absolute Gasteiger partial charge is 0.266 e. The fourth-order valence-corrected chi connectivity index (χ4v) is 2.26. The Labute approximate surface area is 116 Å². The Morgan fingerprint density at radius 1 is 1.40 bits per heavy atom. The van der Waals surface area contributed by atoms with Gasteiger partial charge >= 0.3 is 0 Å². The third kappa shape index (κ3) is 3.57. The molecule has 0 fully saturated rings. The molecule has 0 amide bonds. The van der Waals surface area contributed by atoms with Gasteiger partial charge in [0.15, 0.2) is 0 Å². The van der Waals surface area contributed by atoms with Crippen LogP contribution in [-0.2, 0) is 10.0 Å². The summed E-state index contributed by atoms with van der Waals surface area (Å²) in [5.41, 5.74) is 0.422. The second-order valence-corrected chi connectivity index (χ2v) is 5.41. The molecule has 2 aromatic rings. The first kappa shape index (κ1) is 14.0. The van der Waals surface area contributed by atoms with Crippen LogP contribution in [0.15, 0.2) is 35.5 Å². The van der Waals surface area contributed by atoms with Gasteiger partial charge in [0.1, 0.15) is 16.4 Å². The average molecular weight is 292 g/mol. The van der Waals surface area contributed by atoms with Crippen LogP contribution in [0.4, 0.5) is 5.82 Å². The molecule has 0 spiro atoms. The molecule has 0 saturated carbocycles. The molecule has 0 aliphatic rings. The molecule has 0 saturated heterocycles. The van der Waals surface area contributed by atoms with Crippen molar-refractivity contribution in [2.75, 3.05) is 11.3 Å². The summed E-state index contributed by atoms with van der Waals surface area (Å²) in [6, 6.07) is 4.82. The molecule has 0 aliphatic heterocycles. The van der Waals surface area contributed by atoms with Crippen LogP contribution in [-0.4, -0.2) is 35.3 Å². The molecule has 0 unspecified atom stereocenters. The van der Waals surface area contributed by atoms with Crippen LogP contribution in [0, 0.1) is 11.8 Å². The van der Waals surface area contributed by atoms with Crippen molar-refractivity contribution in [1.29, 1.82) is 0 Å². The fraction of sp³-hybridized carbons (Fsp3) is 0.167. The van der Waals surface area contributed by atoms with E-state index in [0.29, 0.717) is 12.1 Å². The first-order valence-electron chi connectivity index (χ1n) is 5.70. The Kier molecular flexibility index (Phi) is 4.34. The lowest BCUT2D eigenvalue weighted by atomic mass is 10.3. The Morgan fingerprint density at radius 2 is 2.25 bits per heavy atom. The summed E-state index contributed by atoms with van der Waals surface area (Å²) < 4.78 is 26.2. The van der Waals surface area contributed by atoms with Gasteiger partial charge < -0.3 is 5.11 Å². The van der Waals surface area contributed by atoms with Gasteiger partial charge in [-0.15, -0.1) is 0 Å². The van der Waals surface area contributed by atoms with Gasteiger partial charge in [0, 0.05) is 12.6 Å². The predicted octanol–water partition coefficient (Wildman–Crippen LogP) is 0.339. The minimum atomic E-state index is -3.71. The number of rotatable bonds is 4. The Balaban J connectivity index is 2.19. The van der Waals surface area contributed by atoms with E-state index < -0.39 is 10.0 Å². The Hall–Kier alpha value is -2.37. The normalized spacial score (nSPS) is 10.7. The number of hydrogen-bond donors (Lipinski definition) is 3. The van der Waals surface area contributed by atoms with Gasteiger partial charge in [-0.1, -0.05) is 12.0 Å². The predicted molar refractivity (Wildman–Crippen MR) is 72.2 cm³/mol. The standard InChI is InChI=1S/C12H12N4O3S/c17-7-2-1-4-10-5-3-6-12(15-10)16-20(18,19)11-8-13-14-9-11/h3,5-6,8-9,17H,2,7H2,(H,13,14)(H,15,16). The highest BCUT2D eigenvalue weighted by molar-refractivity contribution is 7.92. The van der Waals surface area contributed by atoms with Crippen LogP contribution in [0.25, 0.3) is 0 Å². The van der Waals surface area contributed by atoms with Gasteiger partial charge in [-0.3, -0.25) is 9.82 Å². The molecular formula is C12H12N4O3S. The summed E-state index contributed by atoms with van der Waals surface area (Å²) >= 11 is 0. The number of H-pyrrole nitrogens is 1. The summed E-state index contributed by atoms with van der Waals surface area (Å²) in [7, 11) is -3.71. The fourth-order valence-electron chi connectivity index (χ4n) is 1.35. The van der Waals surface area contributed by atoms with Crippen LogP contribution in [0.1, 0.15) is 12.1 Å². The van der Waals surface area contributed by atoms with Gasteiger partial charge in [0.25, 0.3) is 10.0 Å². The van der Waals surface area contributed by atoms with E-state index in [4.69, 9.17) is 5.11 Å². The zero-order chi connectivity index (χ0) is 14.4. The van der Waals surface area contributed by atoms with Crippen LogP contribution >= 0.6 is 0 Å². The molecule has 8 heteroatoms. The topological polar surface area (TPSA) is 108 Å². The van der Waals surface area contributed by atoms with Crippen molar-refractivity contribution in [2.24, 2.45) is 0 Å². The van der Waals surface area contributed by atoms with E-state index in [1.54, 1.807) is 12.1 Å². The third-order valence-electron chi connectivity index (χ3n) is 2.22. The molecule has 7 nitrogen and oxygen atoms in total. The number of sulfonamides is 1. The quantitative estimate of drug-likeness (QED) is 0.704. The molecule has 20 heavy (non-hydrogen) atoms. The molecule has 0 atom stereocenters. The number of aromatic amines is 1. The first-order chi connectivity index (χ1) is 9.62. The summed E-state index contributed by atoms with van der Waals surface area (Å²) in [6.45, 7) is -0.0280. The highest BCUT2D eigenvalue weighted by Crippen LogP contribution is 2.12. The molecule has 104 valence electrons. The zero-order valence-corrected chi connectivity index (χ0v) is 11.2. The molecule has 3 N–H and O–H groups in total. The van der Waals surface area contributed by atoms with Crippen LogP contribution < -0.4 is 4.72 Å². The minimum Gasteiger partial charge on any atom is -0.395 e. The van der Waals surface area contributed by atoms with E-state index in [2.05, 4.69) is 31.7 Å². The number of nitrogens with zero attached hydrogens (tertiary/aromatic N) is 2. The maximum atomic E-state index is 12.0. The first-order valence-corrected chi connectivity index (χ1v) is 7.18. The van der Waals surface area contributed by atoms with Crippen molar-refractivity contribution in [3.05, 3.63) is 36.3 Å². The highest BCUT2D eigenvalue weighted by atomic mass is 32.2. The summed E-state index contributed by atoms with van der Waals surface area (Å²) in [6.07, 6.45) is 2.81. The van der Waals surface area contributed by atoms with Crippen molar-refractivity contribution in [3.63, 3.8) is 0 Å². The molecule has 2 heterocycles. The lowest BCUT2D eigenvalue weighted by Gasteiger charge is -2.05. The van der Waals surface area contributed by atoms with E-state index >= 15 is 0 Å². The lowest BCUT2D eigenvalue weighted by molar-refractivity contribution is 0.305. The van der Waals surface area contributed by atoms with E-state index in [-0.39, 0.29) is 17.3 Å². The van der Waals surface area contributed by atoms with Crippen LogP contribution in [0.5, 0.6) is 0 Å². The van der Waals surface area contributed by atoms with Crippen LogP contribution in [0.3, 0.4) is 0 Å². The van der Waals surface area contributed by atoms with E-state index in [1.165, 1.54) is 18.5 Å². The molecule has 2 rings (SSSR count). The third-order valence-corrected chi connectivity index (χ3v) is 3.55. The Morgan fingerprint density at radius 3 is 2.95 bits per heavy atom. The monoisotopic (exact) mass is 292 g/mol. The molecular weight excluding hydrogens is 280 g/mol. The number of hydrogen-bond acceptors (Lipinski definition) is 5. The van der Waals surface area contributed by atoms with Crippen molar-refractivity contribution in [2.45, 2.75) is 11.3 Å². The molecule has 0 radical (unpaired) electrons. The molecule has 2 aromatic heterocycles. The highest BCUT2D eigenvalue weighted by Gasteiger charge is 2.15. The van der Waals surface area contributed by atoms with E-state index in [0.717, 1.165) is 0 Å². The number of pyridine rings is 1. The maximum absolute atomic E-state index is 12.0. The molecule has 0 aromatic carbocycles. The van der Waals surface area contributed by atoms with Gasteiger partial charge in [0.2, 0.25) is 0 Å². The van der Waals surface area contributed by atoms with Gasteiger partial charge in [-0.2, -0.15) is 5.10 Å². The van der Waals surface area contributed by atoms with Crippen LogP contribution in [0.2, 0.25) is 0 Å². The summed E-state index contributed by atoms with van der Waals surface area (Å²) in [4.78, 5) is 4.09. The van der Waals surface area contributed by atoms with Crippen molar-refractivity contribution < 1.29 is 13.5 Å². The van der Waals surface area contributed by atoms with Gasteiger partial charge in [-0.25, -0.2) is 13.4 Å². The lowest BCUT2D eigenvalue weighted by Crippen LogP contribution is -2.13. The second kappa shape index (κ2) is 6.18. The summed E-state index contributed by atoms with van der Waals surface area (Å²) in [5, 5.41) is 14.7. The zero-order valence-electron chi connectivity index (χ0n) is 10.4. The molecule has 0 bridgehead atoms. The van der Waals surface area contributed by atoms with Crippen molar-refractivity contribution >= 4 is 15.8 Å². The Bertz CT molecular complexity index is 730. The number of aliphatic hydroxyl groups excluding tert-OH is 1. The van der Waals surface area contributed by atoms with Gasteiger partial charge in [-0.05, 0) is 18.1 Å². The number of aliphatic hydroxyl groups is 1.